The summed E-state index contributed by atoms with van der Waals surface area (Å²) in [7, 11) is 1.49. The maximum atomic E-state index is 12.4. The predicted octanol–water partition coefficient (Wildman–Crippen LogP) is 4.31. The molecular weight excluding hydrogens is 354 g/mol. The molecule has 0 spiro atoms. The van der Waals surface area contributed by atoms with Crippen molar-refractivity contribution in [3.63, 3.8) is 0 Å². The molecule has 0 bridgehead atoms. The van der Waals surface area contributed by atoms with Gasteiger partial charge in [-0.2, -0.15) is 0 Å². The summed E-state index contributed by atoms with van der Waals surface area (Å²) < 4.78 is 10.9. The Morgan fingerprint density at radius 3 is 2.50 bits per heavy atom. The molecule has 144 valence electrons. The summed E-state index contributed by atoms with van der Waals surface area (Å²) in [4.78, 5) is 23.9. The van der Waals surface area contributed by atoms with Crippen molar-refractivity contribution in [2.75, 3.05) is 13.7 Å². The smallest absolute Gasteiger partial charge is 0.258 e. The van der Waals surface area contributed by atoms with E-state index in [2.05, 4.69) is 5.32 Å². The molecule has 0 radical (unpaired) electrons. The second kappa shape index (κ2) is 8.57. The van der Waals surface area contributed by atoms with Crippen LogP contribution in [0.3, 0.4) is 0 Å². The summed E-state index contributed by atoms with van der Waals surface area (Å²) in [5, 5.41) is 5.21. The molecule has 5 nitrogen and oxygen atoms in total. The molecule has 5 heteroatoms. The lowest BCUT2D eigenvalue weighted by Gasteiger charge is -2.17. The highest BCUT2D eigenvalue weighted by molar-refractivity contribution is 5.94. The van der Waals surface area contributed by atoms with Crippen LogP contribution >= 0.6 is 0 Å². The van der Waals surface area contributed by atoms with E-state index in [-0.39, 0.29) is 24.3 Å². The van der Waals surface area contributed by atoms with Crippen LogP contribution in [-0.2, 0) is 4.79 Å². The van der Waals surface area contributed by atoms with Crippen molar-refractivity contribution in [2.45, 2.75) is 19.9 Å². The maximum Gasteiger partial charge on any atom is 0.258 e. The second-order valence-corrected chi connectivity index (χ2v) is 6.57. The number of carbonyl (C=O) groups excluding carboxylic acids is 2. The van der Waals surface area contributed by atoms with Gasteiger partial charge in [-0.1, -0.05) is 42.5 Å². The zero-order valence-electron chi connectivity index (χ0n) is 16.2. The van der Waals surface area contributed by atoms with E-state index in [1.807, 2.05) is 49.4 Å². The molecule has 0 saturated heterocycles. The average molecular weight is 377 g/mol. The maximum absolute atomic E-state index is 12.4. The second-order valence-electron chi connectivity index (χ2n) is 6.57. The van der Waals surface area contributed by atoms with E-state index in [1.54, 1.807) is 18.2 Å². The number of Topliss-reactive ketones (excluding diaryl/α,β-unsaturated/α-hetero) is 1. The Morgan fingerprint density at radius 1 is 1.00 bits per heavy atom. The third kappa shape index (κ3) is 4.31. The van der Waals surface area contributed by atoms with Crippen LogP contribution in [0.1, 0.15) is 35.8 Å². The van der Waals surface area contributed by atoms with Gasteiger partial charge in [-0.05, 0) is 48.4 Å². The van der Waals surface area contributed by atoms with Crippen LogP contribution in [-0.4, -0.2) is 25.4 Å². The average Bonchev–Trinajstić information content (AvgIpc) is 2.71. The van der Waals surface area contributed by atoms with Gasteiger partial charge in [0.25, 0.3) is 5.91 Å². The topological polar surface area (TPSA) is 64.6 Å². The number of carbonyl (C=O) groups is 2. The van der Waals surface area contributed by atoms with Gasteiger partial charge in [0.05, 0.1) is 13.2 Å². The normalized spacial score (nSPS) is 11.7. The highest BCUT2D eigenvalue weighted by Gasteiger charge is 2.14. The van der Waals surface area contributed by atoms with Crippen LogP contribution < -0.4 is 14.8 Å². The number of hydrogen-bond donors (Lipinski definition) is 1. The Labute approximate surface area is 164 Å². The van der Waals surface area contributed by atoms with Crippen molar-refractivity contribution in [3.05, 3.63) is 71.8 Å². The molecule has 28 heavy (non-hydrogen) atoms. The molecule has 3 rings (SSSR count). The minimum Gasteiger partial charge on any atom is -0.493 e. The SMILES string of the molecule is COc1cc(C(C)=O)ccc1OCC(=O)NC(C)c1cccc2ccccc12. The van der Waals surface area contributed by atoms with Crippen LogP contribution in [0.15, 0.2) is 60.7 Å². The molecule has 0 saturated carbocycles. The van der Waals surface area contributed by atoms with Crippen molar-refractivity contribution in [2.24, 2.45) is 0 Å². The molecule has 0 aliphatic heterocycles. The Balaban J connectivity index is 1.66. The van der Waals surface area contributed by atoms with Gasteiger partial charge < -0.3 is 14.8 Å². The summed E-state index contributed by atoms with van der Waals surface area (Å²) in [6.45, 7) is 3.28. The van der Waals surface area contributed by atoms with Gasteiger partial charge >= 0.3 is 0 Å². The van der Waals surface area contributed by atoms with E-state index in [1.165, 1.54) is 14.0 Å². The number of nitrogens with one attached hydrogen (secondary N) is 1. The lowest BCUT2D eigenvalue weighted by Crippen LogP contribution is -2.31. The quantitative estimate of drug-likeness (QED) is 0.623. The van der Waals surface area contributed by atoms with Crippen molar-refractivity contribution >= 4 is 22.5 Å². The molecule has 0 aromatic heterocycles. The fourth-order valence-corrected chi connectivity index (χ4v) is 3.14. The van der Waals surface area contributed by atoms with E-state index in [9.17, 15) is 9.59 Å². The Bertz CT molecular complexity index is 1010. The van der Waals surface area contributed by atoms with Gasteiger partial charge in [0, 0.05) is 5.56 Å². The molecule has 0 fully saturated rings. The number of hydrogen-bond acceptors (Lipinski definition) is 4. The molecule has 0 aliphatic rings. The van der Waals surface area contributed by atoms with Crippen molar-refractivity contribution in [3.8, 4) is 11.5 Å². The van der Waals surface area contributed by atoms with Crippen molar-refractivity contribution < 1.29 is 19.1 Å². The Morgan fingerprint density at radius 2 is 1.75 bits per heavy atom. The summed E-state index contributed by atoms with van der Waals surface area (Å²) in [5.41, 5.74) is 1.58. The van der Waals surface area contributed by atoms with Crippen LogP contribution in [0.5, 0.6) is 11.5 Å². The monoisotopic (exact) mass is 377 g/mol. The fourth-order valence-electron chi connectivity index (χ4n) is 3.14. The molecular formula is C23H23NO4. The zero-order chi connectivity index (χ0) is 20.1. The highest BCUT2D eigenvalue weighted by Crippen LogP contribution is 2.28. The predicted molar refractivity (Wildman–Crippen MR) is 109 cm³/mol. The number of ketones is 1. The van der Waals surface area contributed by atoms with Crippen molar-refractivity contribution in [1.29, 1.82) is 0 Å². The molecule has 0 aliphatic carbocycles. The number of fused-ring (bicyclic) bond motifs is 1. The largest absolute Gasteiger partial charge is 0.493 e. The number of benzene rings is 3. The number of amides is 1. The number of rotatable bonds is 7. The molecule has 1 N–H and O–H groups in total. The summed E-state index contributed by atoms with van der Waals surface area (Å²) in [6.07, 6.45) is 0. The van der Waals surface area contributed by atoms with E-state index in [0.717, 1.165) is 16.3 Å². The highest BCUT2D eigenvalue weighted by atomic mass is 16.5. The van der Waals surface area contributed by atoms with Crippen LogP contribution in [0, 0.1) is 0 Å². The summed E-state index contributed by atoms with van der Waals surface area (Å²) >= 11 is 0. The molecule has 1 amide bonds. The molecule has 1 atom stereocenters. The molecule has 3 aromatic rings. The van der Waals surface area contributed by atoms with Gasteiger partial charge in [-0.15, -0.1) is 0 Å². The van der Waals surface area contributed by atoms with Gasteiger partial charge in [-0.3, -0.25) is 9.59 Å². The van der Waals surface area contributed by atoms with Gasteiger partial charge in [0.15, 0.2) is 23.9 Å². The fraction of sp³-hybridized carbons (Fsp3) is 0.217. The first kappa shape index (κ1) is 19.4. The first-order valence-corrected chi connectivity index (χ1v) is 9.08. The molecule has 1 unspecified atom stereocenters. The number of ether oxygens (including phenoxy) is 2. The van der Waals surface area contributed by atoms with Gasteiger partial charge in [0.2, 0.25) is 0 Å². The third-order valence-electron chi connectivity index (χ3n) is 4.60. The third-order valence-corrected chi connectivity index (χ3v) is 4.60. The summed E-state index contributed by atoms with van der Waals surface area (Å²) in [5.74, 6) is 0.535. The van der Waals surface area contributed by atoms with Crippen molar-refractivity contribution in [1.82, 2.24) is 5.32 Å². The summed E-state index contributed by atoms with van der Waals surface area (Å²) in [6, 6.07) is 18.8. The molecule has 3 aromatic carbocycles. The van der Waals surface area contributed by atoms with Gasteiger partial charge in [-0.25, -0.2) is 0 Å². The van der Waals surface area contributed by atoms with E-state index >= 15 is 0 Å². The lowest BCUT2D eigenvalue weighted by atomic mass is 10.00. The van der Waals surface area contributed by atoms with Gasteiger partial charge in [0.1, 0.15) is 0 Å². The first-order valence-electron chi connectivity index (χ1n) is 9.08. The number of methoxy groups -OCH3 is 1. The van der Waals surface area contributed by atoms with E-state index < -0.39 is 0 Å². The first-order chi connectivity index (χ1) is 13.5. The Hall–Kier alpha value is -3.34. The standard InChI is InChI=1S/C23H23NO4/c1-15(19-10-6-8-17-7-4-5-9-20(17)19)24-23(26)14-28-21-12-11-18(16(2)25)13-22(21)27-3/h4-13,15H,14H2,1-3H3,(H,24,26). The molecule has 0 heterocycles. The van der Waals surface area contributed by atoms with E-state index in [0.29, 0.717) is 17.1 Å². The minimum atomic E-state index is -0.238. The minimum absolute atomic E-state index is 0.0634. The van der Waals surface area contributed by atoms with E-state index in [4.69, 9.17) is 9.47 Å². The van der Waals surface area contributed by atoms with Crippen LogP contribution in [0.2, 0.25) is 0 Å². The Kier molecular flexibility index (Phi) is 5.94. The zero-order valence-corrected chi connectivity index (χ0v) is 16.2. The lowest BCUT2D eigenvalue weighted by molar-refractivity contribution is -0.123. The van der Waals surface area contributed by atoms with Crippen LogP contribution in [0.4, 0.5) is 0 Å². The van der Waals surface area contributed by atoms with Crippen LogP contribution in [0.25, 0.3) is 10.8 Å².